The largest absolute Gasteiger partial charge is 0.474 e. The minimum Gasteiger partial charge on any atom is -0.474 e. The van der Waals surface area contributed by atoms with Gasteiger partial charge in [0.1, 0.15) is 24.4 Å². The molecule has 2 N–H and O–H groups in total. The predicted octanol–water partition coefficient (Wildman–Crippen LogP) is 3.06. The van der Waals surface area contributed by atoms with Crippen LogP contribution in [0, 0.1) is 6.92 Å². The average Bonchev–Trinajstić information content (AvgIpc) is 3.13. The van der Waals surface area contributed by atoms with Crippen molar-refractivity contribution < 1.29 is 28.8 Å². The molecule has 1 unspecified atom stereocenters. The van der Waals surface area contributed by atoms with Crippen molar-refractivity contribution in [2.45, 2.75) is 51.6 Å². The van der Waals surface area contributed by atoms with E-state index in [0.717, 1.165) is 0 Å². The molecule has 1 atom stereocenters. The normalized spacial score (nSPS) is 20.5. The molecule has 2 fully saturated rings. The summed E-state index contributed by atoms with van der Waals surface area (Å²) in [5.41, 5.74) is 0.700. The van der Waals surface area contributed by atoms with Gasteiger partial charge < -0.3 is 34.3 Å². The van der Waals surface area contributed by atoms with Gasteiger partial charge in [0, 0.05) is 32.5 Å². The van der Waals surface area contributed by atoms with Gasteiger partial charge in [-0.1, -0.05) is 0 Å². The van der Waals surface area contributed by atoms with Crippen LogP contribution in [0.5, 0.6) is 17.5 Å². The van der Waals surface area contributed by atoms with Crippen molar-refractivity contribution in [3.63, 3.8) is 0 Å². The van der Waals surface area contributed by atoms with Crippen LogP contribution in [0.1, 0.15) is 32.4 Å². The van der Waals surface area contributed by atoms with Gasteiger partial charge >= 0.3 is 6.09 Å². The second kappa shape index (κ2) is 9.75. The molecule has 0 saturated carbocycles. The van der Waals surface area contributed by atoms with Gasteiger partial charge in [0.15, 0.2) is 11.5 Å². The van der Waals surface area contributed by atoms with E-state index >= 15 is 0 Å². The number of nitrogens with zero attached hydrogens (tertiary/aromatic N) is 4. The van der Waals surface area contributed by atoms with Crippen molar-refractivity contribution in [2.24, 2.45) is 0 Å². The van der Waals surface area contributed by atoms with Crippen LogP contribution in [-0.4, -0.2) is 75.3 Å². The predicted molar refractivity (Wildman–Crippen MR) is 118 cm³/mol. The highest BCUT2D eigenvalue weighted by molar-refractivity contribution is 5.65. The smallest absolute Gasteiger partial charge is 0.407 e. The Kier molecular flexibility index (Phi) is 6.80. The molecule has 0 spiro atoms. The zero-order valence-electron chi connectivity index (χ0n) is 19.0. The number of pyridine rings is 1. The van der Waals surface area contributed by atoms with Gasteiger partial charge in [-0.25, -0.2) is 19.7 Å². The molecule has 0 bridgehead atoms. The number of hydrogen-bond donors (Lipinski definition) is 2. The lowest BCUT2D eigenvalue weighted by atomic mass is 10.1. The molecule has 0 aromatic carbocycles. The minimum absolute atomic E-state index is 0.0335. The van der Waals surface area contributed by atoms with E-state index in [9.17, 15) is 4.79 Å². The number of likely N-dealkylation sites (tertiary alicyclic amines) is 1. The van der Waals surface area contributed by atoms with Gasteiger partial charge in [0.2, 0.25) is 11.8 Å². The zero-order chi connectivity index (χ0) is 23.4. The van der Waals surface area contributed by atoms with Crippen molar-refractivity contribution in [3.8, 4) is 17.5 Å². The van der Waals surface area contributed by atoms with E-state index in [0.29, 0.717) is 68.1 Å². The van der Waals surface area contributed by atoms with E-state index in [-0.39, 0.29) is 12.2 Å². The van der Waals surface area contributed by atoms with E-state index in [1.807, 2.05) is 32.9 Å². The number of anilines is 1. The Balaban J connectivity index is 1.31. The van der Waals surface area contributed by atoms with E-state index in [2.05, 4.69) is 20.3 Å². The molecule has 0 aliphatic carbocycles. The quantitative estimate of drug-likeness (QED) is 0.637. The maximum atomic E-state index is 11.0. The maximum Gasteiger partial charge on any atom is 0.407 e. The van der Waals surface area contributed by atoms with Crippen LogP contribution in [0.15, 0.2) is 24.5 Å². The number of amides is 1. The molecule has 11 nitrogen and oxygen atoms in total. The van der Waals surface area contributed by atoms with Crippen molar-refractivity contribution in [2.75, 3.05) is 31.6 Å². The number of piperidine rings is 1. The third-order valence-electron chi connectivity index (χ3n) is 5.45. The summed E-state index contributed by atoms with van der Waals surface area (Å²) < 4.78 is 23.2. The van der Waals surface area contributed by atoms with Crippen LogP contribution in [0.2, 0.25) is 0 Å². The summed E-state index contributed by atoms with van der Waals surface area (Å²) in [5.74, 6) is 1.46. The van der Waals surface area contributed by atoms with Gasteiger partial charge in [-0.15, -0.1) is 0 Å². The fourth-order valence-electron chi connectivity index (χ4n) is 3.73. The number of aryl methyl sites for hydroxylation is 1. The molecule has 4 heterocycles. The molecule has 1 amide bonds. The Labute approximate surface area is 192 Å². The highest BCUT2D eigenvalue weighted by atomic mass is 16.7. The van der Waals surface area contributed by atoms with Crippen LogP contribution in [0.4, 0.5) is 10.6 Å². The second-order valence-electron chi connectivity index (χ2n) is 8.50. The van der Waals surface area contributed by atoms with Crippen LogP contribution < -0.4 is 14.8 Å². The molecule has 2 aromatic rings. The Bertz CT molecular complexity index is 979. The second-order valence-corrected chi connectivity index (χ2v) is 8.50. The average molecular weight is 460 g/mol. The van der Waals surface area contributed by atoms with E-state index in [4.69, 9.17) is 24.1 Å². The third kappa shape index (κ3) is 6.20. The molecular weight excluding hydrogens is 430 g/mol. The van der Waals surface area contributed by atoms with Crippen molar-refractivity contribution >= 4 is 11.9 Å². The van der Waals surface area contributed by atoms with Crippen LogP contribution in [0.25, 0.3) is 0 Å². The maximum absolute atomic E-state index is 11.0. The summed E-state index contributed by atoms with van der Waals surface area (Å²) >= 11 is 0. The Hall–Kier alpha value is -3.18. The lowest BCUT2D eigenvalue weighted by Crippen LogP contribution is -2.41. The van der Waals surface area contributed by atoms with Crippen molar-refractivity contribution in [1.29, 1.82) is 0 Å². The number of carboxylic acid groups (broad SMARTS) is 1. The molecule has 33 heavy (non-hydrogen) atoms. The summed E-state index contributed by atoms with van der Waals surface area (Å²) in [7, 11) is 0. The van der Waals surface area contributed by atoms with Crippen LogP contribution >= 0.6 is 0 Å². The molecule has 2 aliphatic rings. The fourth-order valence-corrected chi connectivity index (χ4v) is 3.73. The number of carbonyl (C=O) groups is 1. The number of aromatic nitrogens is 3. The molecule has 11 heteroatoms. The minimum atomic E-state index is -0.902. The summed E-state index contributed by atoms with van der Waals surface area (Å²) in [5, 5.41) is 12.3. The Morgan fingerprint density at radius 1 is 1.27 bits per heavy atom. The molecule has 2 saturated heterocycles. The Morgan fingerprint density at radius 2 is 2.03 bits per heavy atom. The van der Waals surface area contributed by atoms with Gasteiger partial charge in [0.25, 0.3) is 0 Å². The third-order valence-corrected chi connectivity index (χ3v) is 5.45. The van der Waals surface area contributed by atoms with Gasteiger partial charge in [0.05, 0.1) is 18.4 Å². The van der Waals surface area contributed by atoms with Crippen molar-refractivity contribution in [1.82, 2.24) is 19.9 Å². The first-order valence-corrected chi connectivity index (χ1v) is 10.9. The summed E-state index contributed by atoms with van der Waals surface area (Å²) in [4.78, 5) is 25.3. The highest BCUT2D eigenvalue weighted by Gasteiger charge is 2.32. The lowest BCUT2D eigenvalue weighted by Gasteiger charge is -2.29. The van der Waals surface area contributed by atoms with Gasteiger partial charge in [-0.05, 0) is 32.9 Å². The first-order chi connectivity index (χ1) is 15.8. The summed E-state index contributed by atoms with van der Waals surface area (Å²) in [6, 6.07) is 5.28. The van der Waals surface area contributed by atoms with E-state index in [1.54, 1.807) is 6.07 Å². The first kappa shape index (κ1) is 23.0. The summed E-state index contributed by atoms with van der Waals surface area (Å²) in [6.07, 6.45) is 1.56. The number of rotatable bonds is 7. The zero-order valence-corrected chi connectivity index (χ0v) is 19.0. The lowest BCUT2D eigenvalue weighted by molar-refractivity contribution is -0.136. The van der Waals surface area contributed by atoms with Gasteiger partial charge in [-0.3, -0.25) is 0 Å². The molecular formula is C22H29N5O6. The highest BCUT2D eigenvalue weighted by Crippen LogP contribution is 2.27. The SMILES string of the molecule is Cc1nc(NCC2COC(C)(C)O2)ccc1Oc1cc(OC2CCN(C(=O)O)CC2)ncn1. The first-order valence-electron chi connectivity index (χ1n) is 10.9. The van der Waals surface area contributed by atoms with Crippen LogP contribution in [-0.2, 0) is 9.47 Å². The van der Waals surface area contributed by atoms with Crippen LogP contribution in [0.3, 0.4) is 0 Å². The number of hydrogen-bond acceptors (Lipinski definition) is 9. The number of nitrogens with one attached hydrogen (secondary N) is 1. The molecule has 0 radical (unpaired) electrons. The van der Waals surface area contributed by atoms with Crippen molar-refractivity contribution in [3.05, 3.63) is 30.2 Å². The molecule has 2 aliphatic heterocycles. The van der Waals surface area contributed by atoms with E-state index < -0.39 is 11.9 Å². The van der Waals surface area contributed by atoms with E-state index in [1.165, 1.54) is 11.2 Å². The molecule has 178 valence electrons. The number of ether oxygens (including phenoxy) is 4. The van der Waals surface area contributed by atoms with Gasteiger partial charge in [-0.2, -0.15) is 0 Å². The topological polar surface area (TPSA) is 128 Å². The fraction of sp³-hybridized carbons (Fsp3) is 0.545. The molecule has 2 aromatic heterocycles. The molecule has 4 rings (SSSR count). The summed E-state index contributed by atoms with van der Waals surface area (Å²) in [6.45, 7) is 7.66. The standard InChI is InChI=1S/C22H29N5O6/c1-14-17(4-5-18(26-14)23-11-16-12-30-22(2,3)33-16)32-20-10-19(24-13-25-20)31-15-6-8-27(9-7-15)21(28)29/h4-5,10,13,15-16H,6-9,11-12H2,1-3H3,(H,23,26)(H,28,29). The monoisotopic (exact) mass is 459 g/mol. The Morgan fingerprint density at radius 3 is 2.70 bits per heavy atom.